The molecule has 0 fully saturated rings. The van der Waals surface area contributed by atoms with Gasteiger partial charge in [-0.25, -0.2) is 8.42 Å². The number of benzene rings is 1. The van der Waals surface area contributed by atoms with Gasteiger partial charge in [0.25, 0.3) is 0 Å². The monoisotopic (exact) mass is 426 g/mol. The Bertz CT molecular complexity index is 707. The number of amides is 1. The van der Waals surface area contributed by atoms with Crippen molar-refractivity contribution in [2.24, 2.45) is 4.40 Å². The summed E-state index contributed by atoms with van der Waals surface area (Å²) in [6.07, 6.45) is 1.27. The Morgan fingerprint density at radius 2 is 1.83 bits per heavy atom. The molecule has 1 aromatic carbocycles. The van der Waals surface area contributed by atoms with Crippen LogP contribution in [0, 0.1) is 13.0 Å². The van der Waals surface area contributed by atoms with Crippen molar-refractivity contribution in [3.8, 4) is 0 Å². The maximum Gasteiger partial charge on any atom is 0.237 e. The van der Waals surface area contributed by atoms with Crippen LogP contribution in [0.5, 0.6) is 0 Å². The van der Waals surface area contributed by atoms with Crippen LogP contribution in [0.4, 0.5) is 0 Å². The second-order valence-electron chi connectivity index (χ2n) is 5.31. The summed E-state index contributed by atoms with van der Waals surface area (Å²) in [6.45, 7) is 7.03. The van der Waals surface area contributed by atoms with Crippen molar-refractivity contribution < 1.29 is 45.9 Å². The average molecular weight is 426 g/mol. The van der Waals surface area contributed by atoms with Gasteiger partial charge in [0.15, 0.2) is 0 Å². The number of nitrogens with one attached hydrogen (secondary N) is 1. The largest absolute Gasteiger partial charge is 0.664 e. The predicted octanol–water partition coefficient (Wildman–Crippen LogP) is 2.99. The molecular formula is C16H23N3O3SY-2. The van der Waals surface area contributed by atoms with Gasteiger partial charge in [0.2, 0.25) is 10.0 Å². The summed E-state index contributed by atoms with van der Waals surface area (Å²) in [4.78, 5) is 12.0. The van der Waals surface area contributed by atoms with Gasteiger partial charge in [-0.05, 0) is 31.2 Å². The van der Waals surface area contributed by atoms with Crippen LogP contribution in [0.25, 0.3) is 5.73 Å². The number of rotatable bonds is 4. The van der Waals surface area contributed by atoms with Gasteiger partial charge in [-0.3, -0.25) is 0 Å². The Morgan fingerprint density at radius 1 is 1.29 bits per heavy atom. The van der Waals surface area contributed by atoms with Crippen molar-refractivity contribution in [2.45, 2.75) is 32.6 Å². The summed E-state index contributed by atoms with van der Waals surface area (Å²) in [7, 11) is -0.167. The van der Waals surface area contributed by atoms with Crippen LogP contribution in [0.1, 0.15) is 26.3 Å². The summed E-state index contributed by atoms with van der Waals surface area (Å²) in [5.41, 5.74) is 8.76. The second-order valence-corrected chi connectivity index (χ2v) is 6.91. The molecule has 0 spiro atoms. The third-order valence-electron chi connectivity index (χ3n) is 2.82. The van der Waals surface area contributed by atoms with E-state index in [1.807, 2.05) is 13.8 Å². The first-order valence-electron chi connectivity index (χ1n) is 6.82. The quantitative estimate of drug-likeness (QED) is 0.320. The molecule has 1 N–H and O–H groups in total. The zero-order chi connectivity index (χ0) is 18.2. The van der Waals surface area contributed by atoms with Crippen LogP contribution in [0.2, 0.25) is 0 Å². The standard InChI is InChI=1S/C10H13N2O2S.C6H11NO.Y/c1-9-6-4-5-7-10(9)15(13,14)11-8-12(2)3;1-4(2)5(3)6(7)8;/h4,6-8H,1-3H3;1-3H3,(H2,7,8);/q-1;;/p-1/b11-8+;;. The Kier molecular flexibility index (Phi) is 12.1. The number of aryl methyl sites for hydroxylation is 1. The normalized spacial score (nSPS) is 10.2. The molecule has 6 nitrogen and oxygen atoms in total. The molecule has 131 valence electrons. The van der Waals surface area contributed by atoms with Crippen molar-refractivity contribution in [3.63, 3.8) is 0 Å². The van der Waals surface area contributed by atoms with E-state index in [2.05, 4.69) is 10.5 Å². The Hall–Kier alpha value is -1.05. The summed E-state index contributed by atoms with van der Waals surface area (Å²) in [6, 6.07) is 7.52. The van der Waals surface area contributed by atoms with Gasteiger partial charge in [0.05, 0.1) is 5.91 Å². The van der Waals surface area contributed by atoms with Gasteiger partial charge in [-0.2, -0.15) is 28.7 Å². The zero-order valence-electron chi connectivity index (χ0n) is 14.9. The topological polar surface area (TPSA) is 90.6 Å². The Balaban J connectivity index is 0. The second kappa shape index (κ2) is 11.5. The Labute approximate surface area is 170 Å². The van der Waals surface area contributed by atoms with E-state index in [1.54, 1.807) is 45.0 Å². The minimum atomic E-state index is -3.59. The third kappa shape index (κ3) is 9.30. The first-order chi connectivity index (χ1) is 10.5. The zero-order valence-corrected chi connectivity index (χ0v) is 18.6. The molecule has 1 rings (SSSR count). The van der Waals surface area contributed by atoms with Crippen LogP contribution in [0.15, 0.2) is 38.6 Å². The van der Waals surface area contributed by atoms with Crippen molar-refractivity contribution in [3.05, 3.63) is 46.7 Å². The number of nitrogens with zero attached hydrogens (tertiary/aromatic N) is 2. The molecule has 0 aliphatic heterocycles. The molecule has 0 saturated carbocycles. The molecule has 8 heteroatoms. The van der Waals surface area contributed by atoms with E-state index >= 15 is 0 Å². The van der Waals surface area contributed by atoms with Crippen molar-refractivity contribution in [1.82, 2.24) is 4.90 Å². The number of hydrogen-bond acceptors (Lipinski definition) is 3. The van der Waals surface area contributed by atoms with Gasteiger partial charge >= 0.3 is 0 Å². The SMILES string of the molecule is CC(C)=C(C)C([NH-])=O.Cc1cc[c-]cc1S(=O)(=O)/N=C/N(C)C.[Y]. The maximum absolute atomic E-state index is 11.7. The number of carbonyl (C=O) groups excluding carboxylic acids is 1. The molecule has 24 heavy (non-hydrogen) atoms. The van der Waals surface area contributed by atoms with Gasteiger partial charge in [0, 0.05) is 46.8 Å². The van der Waals surface area contributed by atoms with Crippen LogP contribution >= 0.6 is 0 Å². The summed E-state index contributed by atoms with van der Waals surface area (Å²) >= 11 is 0. The molecule has 1 aromatic rings. The van der Waals surface area contributed by atoms with E-state index < -0.39 is 15.9 Å². The molecule has 0 saturated heterocycles. The van der Waals surface area contributed by atoms with E-state index in [0.717, 1.165) is 5.57 Å². The number of hydrogen-bond donors (Lipinski definition) is 0. The fourth-order valence-corrected chi connectivity index (χ4v) is 2.33. The van der Waals surface area contributed by atoms with E-state index in [-0.39, 0.29) is 37.6 Å². The average Bonchev–Trinajstić information content (AvgIpc) is 2.45. The number of allylic oxidation sites excluding steroid dienone is 1. The van der Waals surface area contributed by atoms with Crippen LogP contribution in [-0.2, 0) is 47.5 Å². The molecular weight excluding hydrogens is 403 g/mol. The fourth-order valence-electron chi connectivity index (χ4n) is 1.21. The predicted molar refractivity (Wildman–Crippen MR) is 92.8 cm³/mol. The van der Waals surface area contributed by atoms with Gasteiger partial charge in [-0.1, -0.05) is 12.5 Å². The van der Waals surface area contributed by atoms with Crippen molar-refractivity contribution in [2.75, 3.05) is 14.1 Å². The minimum absolute atomic E-state index is 0. The van der Waals surface area contributed by atoms with Gasteiger partial charge in [0.1, 0.15) is 6.34 Å². The van der Waals surface area contributed by atoms with Gasteiger partial charge in [-0.15, -0.1) is 5.56 Å². The van der Waals surface area contributed by atoms with Crippen LogP contribution < -0.4 is 0 Å². The summed E-state index contributed by atoms with van der Waals surface area (Å²) in [5, 5.41) is 0. The minimum Gasteiger partial charge on any atom is -0.664 e. The summed E-state index contributed by atoms with van der Waals surface area (Å²) < 4.78 is 27.0. The smallest absolute Gasteiger partial charge is 0.237 e. The molecule has 1 radical (unpaired) electrons. The van der Waals surface area contributed by atoms with Crippen molar-refractivity contribution >= 4 is 22.3 Å². The van der Waals surface area contributed by atoms with Crippen molar-refractivity contribution in [1.29, 1.82) is 0 Å². The first kappa shape index (κ1) is 25.2. The van der Waals surface area contributed by atoms with E-state index in [0.29, 0.717) is 11.1 Å². The molecule has 0 unspecified atom stereocenters. The van der Waals surface area contributed by atoms with E-state index in [9.17, 15) is 13.2 Å². The molecule has 0 aliphatic carbocycles. The number of sulfonamides is 1. The maximum atomic E-state index is 11.7. The van der Waals surface area contributed by atoms with E-state index in [4.69, 9.17) is 5.73 Å². The molecule has 0 atom stereocenters. The molecule has 0 heterocycles. The first-order valence-corrected chi connectivity index (χ1v) is 8.26. The van der Waals surface area contributed by atoms with Crippen LogP contribution in [-0.4, -0.2) is 39.7 Å². The Morgan fingerprint density at radius 3 is 2.17 bits per heavy atom. The van der Waals surface area contributed by atoms with Crippen LogP contribution in [0.3, 0.4) is 0 Å². The molecule has 0 bridgehead atoms. The summed E-state index contributed by atoms with van der Waals surface area (Å²) in [5.74, 6) is -0.579. The van der Waals surface area contributed by atoms with Gasteiger partial charge < -0.3 is 15.4 Å². The molecule has 0 aromatic heterocycles. The fraction of sp³-hybridized carbons (Fsp3) is 0.375. The molecule has 1 amide bonds. The molecule has 0 aliphatic rings. The third-order valence-corrected chi connectivity index (χ3v) is 4.19. The number of carbonyl (C=O) groups is 1. The van der Waals surface area contributed by atoms with E-state index in [1.165, 1.54) is 12.4 Å².